The minimum Gasteiger partial charge on any atom is -0.417 e. The third-order valence-electron chi connectivity index (χ3n) is 5.84. The summed E-state index contributed by atoms with van der Waals surface area (Å²) in [5.74, 6) is -0.0185. The Morgan fingerprint density at radius 3 is 2.88 bits per heavy atom. The standard InChI is InChI=1S/C20H16F3N7O2/c21-20(22,23)11-2-1-6-30-14(11)8-13(28-30)16-15-12(24-9-25-15)5-7-29(16)19(31)18-27-26-17(32-18)10-3-4-10/h1-2,6,8-10,16H,3-5,7H2,(H,24,25)/t16-/m1/s1. The predicted octanol–water partition coefficient (Wildman–Crippen LogP) is 3.12. The normalized spacial score (nSPS) is 18.8. The van der Waals surface area contributed by atoms with Gasteiger partial charge in [-0.3, -0.25) is 4.79 Å². The van der Waals surface area contributed by atoms with E-state index >= 15 is 0 Å². The van der Waals surface area contributed by atoms with Crippen LogP contribution in [-0.4, -0.2) is 47.1 Å². The van der Waals surface area contributed by atoms with Gasteiger partial charge < -0.3 is 14.3 Å². The Hall–Kier alpha value is -3.70. The number of carbonyl (C=O) groups is 1. The molecule has 1 atom stereocenters. The maximum Gasteiger partial charge on any atom is 0.418 e. The molecule has 0 aromatic carbocycles. The van der Waals surface area contributed by atoms with E-state index in [1.165, 1.54) is 34.1 Å². The van der Waals surface area contributed by atoms with Crippen LogP contribution in [0.2, 0.25) is 0 Å². The second-order valence-electron chi connectivity index (χ2n) is 7.96. The number of rotatable bonds is 3. The molecular weight excluding hydrogens is 427 g/mol. The molecule has 4 aromatic rings. The Balaban J connectivity index is 1.45. The van der Waals surface area contributed by atoms with Gasteiger partial charge in [0.05, 0.1) is 28.8 Å². The first-order valence-corrected chi connectivity index (χ1v) is 10.1. The van der Waals surface area contributed by atoms with Crippen molar-refractivity contribution in [3.8, 4) is 0 Å². The van der Waals surface area contributed by atoms with Crippen LogP contribution in [0.25, 0.3) is 5.52 Å². The van der Waals surface area contributed by atoms with Crippen LogP contribution < -0.4 is 0 Å². The number of pyridine rings is 1. The molecule has 1 amide bonds. The summed E-state index contributed by atoms with van der Waals surface area (Å²) in [6, 6.07) is 2.84. The second kappa shape index (κ2) is 6.65. The van der Waals surface area contributed by atoms with E-state index in [1.807, 2.05) is 0 Å². The lowest BCUT2D eigenvalue weighted by Gasteiger charge is -2.32. The predicted molar refractivity (Wildman–Crippen MR) is 102 cm³/mol. The van der Waals surface area contributed by atoms with Crippen LogP contribution in [-0.2, 0) is 12.6 Å². The number of amides is 1. The summed E-state index contributed by atoms with van der Waals surface area (Å²) in [6.07, 6.45) is 0.794. The van der Waals surface area contributed by atoms with Gasteiger partial charge in [0.2, 0.25) is 5.89 Å². The van der Waals surface area contributed by atoms with Gasteiger partial charge in [-0.25, -0.2) is 9.50 Å². The van der Waals surface area contributed by atoms with Crippen LogP contribution in [0.5, 0.6) is 0 Å². The van der Waals surface area contributed by atoms with Crippen molar-refractivity contribution in [2.24, 2.45) is 0 Å². The first kappa shape index (κ1) is 19.0. The largest absolute Gasteiger partial charge is 0.418 e. The van der Waals surface area contributed by atoms with E-state index in [-0.39, 0.29) is 23.0 Å². The number of carbonyl (C=O) groups excluding carboxylic acids is 1. The number of aromatic amines is 1. The van der Waals surface area contributed by atoms with Gasteiger partial charge >= 0.3 is 18.0 Å². The molecule has 0 saturated heterocycles. The first-order valence-electron chi connectivity index (χ1n) is 10.1. The first-order chi connectivity index (χ1) is 15.4. The third kappa shape index (κ3) is 2.97. The minimum absolute atomic E-state index is 0.0983. The number of halogens is 3. The lowest BCUT2D eigenvalue weighted by Crippen LogP contribution is -2.41. The minimum atomic E-state index is -4.54. The van der Waals surface area contributed by atoms with E-state index in [9.17, 15) is 18.0 Å². The van der Waals surface area contributed by atoms with Crippen LogP contribution in [0.1, 0.15) is 64.0 Å². The molecule has 1 aliphatic heterocycles. The molecule has 6 rings (SSSR count). The van der Waals surface area contributed by atoms with Gasteiger partial charge in [-0.05, 0) is 31.0 Å². The second-order valence-corrected chi connectivity index (χ2v) is 7.96. The molecule has 1 saturated carbocycles. The highest BCUT2D eigenvalue weighted by Gasteiger charge is 2.40. The average Bonchev–Trinajstić information content (AvgIpc) is 3.18. The highest BCUT2D eigenvalue weighted by molar-refractivity contribution is 5.90. The number of hydrogen-bond acceptors (Lipinski definition) is 6. The average molecular weight is 443 g/mol. The van der Waals surface area contributed by atoms with Crippen molar-refractivity contribution in [3.63, 3.8) is 0 Å². The summed E-state index contributed by atoms with van der Waals surface area (Å²) in [7, 11) is 0. The van der Waals surface area contributed by atoms with Crippen molar-refractivity contribution in [1.82, 2.24) is 34.7 Å². The van der Waals surface area contributed by atoms with E-state index < -0.39 is 23.7 Å². The number of hydrogen-bond donors (Lipinski definition) is 1. The molecule has 12 heteroatoms. The Bertz CT molecular complexity index is 1330. The SMILES string of the molecule is O=C(c1nnc(C2CC2)o1)N1CCc2[nH]cnc2[C@H]1c1cc2c(C(F)(F)F)cccn2n1. The summed E-state index contributed by atoms with van der Waals surface area (Å²) in [5.41, 5.74) is 0.699. The Morgan fingerprint density at radius 1 is 1.25 bits per heavy atom. The molecule has 0 bridgehead atoms. The molecule has 0 radical (unpaired) electrons. The molecule has 4 aromatic heterocycles. The van der Waals surface area contributed by atoms with Gasteiger partial charge in [-0.15, -0.1) is 10.2 Å². The number of nitrogens with one attached hydrogen (secondary N) is 1. The fourth-order valence-corrected chi connectivity index (χ4v) is 4.14. The molecule has 5 heterocycles. The maximum absolute atomic E-state index is 13.5. The Kier molecular flexibility index (Phi) is 3.95. The number of aromatic nitrogens is 6. The lowest BCUT2D eigenvalue weighted by atomic mass is 9.99. The summed E-state index contributed by atoms with van der Waals surface area (Å²) in [4.78, 5) is 22.1. The Labute approximate surface area is 178 Å². The topological polar surface area (TPSA) is 105 Å². The van der Waals surface area contributed by atoms with Gasteiger partial charge in [0.15, 0.2) is 0 Å². The molecule has 2 aliphatic rings. The zero-order valence-corrected chi connectivity index (χ0v) is 16.5. The number of alkyl halides is 3. The van der Waals surface area contributed by atoms with Crippen LogP contribution in [0.4, 0.5) is 13.2 Å². The van der Waals surface area contributed by atoms with E-state index in [0.29, 0.717) is 24.6 Å². The number of H-pyrrole nitrogens is 1. The summed E-state index contributed by atoms with van der Waals surface area (Å²) in [5, 5.41) is 12.2. The van der Waals surface area contributed by atoms with Crippen LogP contribution in [0.3, 0.4) is 0 Å². The van der Waals surface area contributed by atoms with E-state index in [1.54, 1.807) is 0 Å². The number of imidazole rings is 1. The van der Waals surface area contributed by atoms with Crippen molar-refractivity contribution >= 4 is 11.4 Å². The summed E-state index contributed by atoms with van der Waals surface area (Å²) in [6.45, 7) is 0.292. The van der Waals surface area contributed by atoms with Gasteiger partial charge in [-0.1, -0.05) is 0 Å². The quantitative estimate of drug-likeness (QED) is 0.522. The molecule has 9 nitrogen and oxygen atoms in total. The summed E-state index contributed by atoms with van der Waals surface area (Å²) >= 11 is 0. The van der Waals surface area contributed by atoms with Crippen LogP contribution >= 0.6 is 0 Å². The fraction of sp³-hybridized carbons (Fsp3) is 0.350. The lowest BCUT2D eigenvalue weighted by molar-refractivity contribution is -0.136. The molecule has 32 heavy (non-hydrogen) atoms. The molecule has 0 spiro atoms. The third-order valence-corrected chi connectivity index (χ3v) is 5.84. The smallest absolute Gasteiger partial charge is 0.417 e. The zero-order chi connectivity index (χ0) is 22.0. The van der Waals surface area contributed by atoms with Gasteiger partial charge in [0.1, 0.15) is 6.04 Å². The molecule has 164 valence electrons. The highest BCUT2D eigenvalue weighted by Crippen LogP contribution is 2.40. The molecular formula is C20H16F3N7O2. The molecule has 1 N–H and O–H groups in total. The van der Waals surface area contributed by atoms with Crippen LogP contribution in [0, 0.1) is 0 Å². The van der Waals surface area contributed by atoms with Gasteiger partial charge in [0, 0.05) is 30.8 Å². The van der Waals surface area contributed by atoms with E-state index in [0.717, 1.165) is 24.6 Å². The van der Waals surface area contributed by atoms with Crippen molar-refractivity contribution in [2.45, 2.75) is 37.4 Å². The van der Waals surface area contributed by atoms with Crippen molar-refractivity contribution in [2.75, 3.05) is 6.54 Å². The van der Waals surface area contributed by atoms with Gasteiger partial charge in [-0.2, -0.15) is 18.3 Å². The monoisotopic (exact) mass is 443 g/mol. The highest BCUT2D eigenvalue weighted by atomic mass is 19.4. The zero-order valence-electron chi connectivity index (χ0n) is 16.5. The number of fused-ring (bicyclic) bond motifs is 2. The van der Waals surface area contributed by atoms with Crippen LogP contribution in [0.15, 0.2) is 35.1 Å². The Morgan fingerprint density at radius 2 is 2.09 bits per heavy atom. The fourth-order valence-electron chi connectivity index (χ4n) is 4.14. The molecule has 0 unspecified atom stereocenters. The van der Waals surface area contributed by atoms with Crippen molar-refractivity contribution in [3.05, 3.63) is 65.1 Å². The van der Waals surface area contributed by atoms with E-state index in [2.05, 4.69) is 25.3 Å². The number of nitrogens with zero attached hydrogens (tertiary/aromatic N) is 6. The van der Waals surface area contributed by atoms with Crippen molar-refractivity contribution < 1.29 is 22.4 Å². The van der Waals surface area contributed by atoms with Gasteiger partial charge in [0.25, 0.3) is 0 Å². The van der Waals surface area contributed by atoms with E-state index in [4.69, 9.17) is 4.42 Å². The molecule has 1 aliphatic carbocycles. The maximum atomic E-state index is 13.5. The summed E-state index contributed by atoms with van der Waals surface area (Å²) < 4.78 is 47.3. The van der Waals surface area contributed by atoms with Crippen molar-refractivity contribution in [1.29, 1.82) is 0 Å². The molecule has 1 fully saturated rings.